The quantitative estimate of drug-likeness (QED) is 0.867. The van der Waals surface area contributed by atoms with Crippen LogP contribution in [0.1, 0.15) is 11.4 Å². The summed E-state index contributed by atoms with van der Waals surface area (Å²) in [5, 5.41) is 17.4. The van der Waals surface area contributed by atoms with Crippen LogP contribution in [0.4, 0.5) is 0 Å². The number of hydrogen-bond donors (Lipinski definition) is 2. The van der Waals surface area contributed by atoms with E-state index in [4.69, 9.17) is 21.1 Å². The summed E-state index contributed by atoms with van der Waals surface area (Å²) in [6, 6.07) is 3.78. The van der Waals surface area contributed by atoms with E-state index in [0.29, 0.717) is 48.6 Å². The van der Waals surface area contributed by atoms with E-state index in [1.54, 1.807) is 0 Å². The maximum Gasteiger partial charge on any atom is 0.188 e. The second kappa shape index (κ2) is 5.41. The summed E-state index contributed by atoms with van der Waals surface area (Å²) in [6.45, 7) is 2.23. The molecule has 0 amide bonds. The van der Waals surface area contributed by atoms with E-state index in [1.165, 1.54) is 0 Å². The van der Waals surface area contributed by atoms with E-state index in [1.807, 2.05) is 12.1 Å². The van der Waals surface area contributed by atoms with Crippen LogP contribution < -0.4 is 14.8 Å². The summed E-state index contributed by atoms with van der Waals surface area (Å²) in [5.41, 5.74) is 1.01. The molecule has 0 unspecified atom stereocenters. The van der Waals surface area contributed by atoms with Gasteiger partial charge in [0.2, 0.25) is 0 Å². The zero-order valence-electron chi connectivity index (χ0n) is 10.0. The first kappa shape index (κ1) is 12.2. The van der Waals surface area contributed by atoms with Crippen LogP contribution in [0.3, 0.4) is 0 Å². The maximum atomic E-state index is 6.15. The zero-order valence-corrected chi connectivity index (χ0v) is 10.8. The molecule has 0 spiro atoms. The number of aromatic nitrogens is 4. The molecule has 100 valence electrons. The third-order valence-electron chi connectivity index (χ3n) is 2.66. The molecule has 3 rings (SSSR count). The highest BCUT2D eigenvalue weighted by Crippen LogP contribution is 2.38. The summed E-state index contributed by atoms with van der Waals surface area (Å²) in [4.78, 5) is 0. The summed E-state index contributed by atoms with van der Waals surface area (Å²) in [7, 11) is 0. The number of nitrogens with zero attached hydrogens (tertiary/aromatic N) is 3. The van der Waals surface area contributed by atoms with E-state index < -0.39 is 0 Å². The molecule has 19 heavy (non-hydrogen) atoms. The van der Waals surface area contributed by atoms with Gasteiger partial charge in [0.05, 0.1) is 11.6 Å². The van der Waals surface area contributed by atoms with Crippen LogP contribution in [-0.2, 0) is 13.1 Å². The van der Waals surface area contributed by atoms with E-state index >= 15 is 0 Å². The van der Waals surface area contributed by atoms with E-state index in [2.05, 4.69) is 25.9 Å². The van der Waals surface area contributed by atoms with Gasteiger partial charge in [-0.3, -0.25) is 0 Å². The Kier molecular flexibility index (Phi) is 3.47. The van der Waals surface area contributed by atoms with Gasteiger partial charge in [0, 0.05) is 6.54 Å². The zero-order chi connectivity index (χ0) is 13.1. The number of ether oxygens (including phenoxy) is 2. The number of halogens is 1. The number of rotatable bonds is 4. The van der Waals surface area contributed by atoms with Crippen molar-refractivity contribution in [2.45, 2.75) is 13.1 Å². The van der Waals surface area contributed by atoms with Crippen molar-refractivity contribution in [3.8, 4) is 11.5 Å². The lowest BCUT2D eigenvalue weighted by atomic mass is 10.2. The molecule has 1 aromatic heterocycles. The molecule has 0 atom stereocenters. The average Bonchev–Trinajstić information content (AvgIpc) is 2.92. The van der Waals surface area contributed by atoms with Crippen molar-refractivity contribution in [1.29, 1.82) is 0 Å². The number of fused-ring (bicyclic) bond motifs is 1. The second-order valence-corrected chi connectivity index (χ2v) is 4.44. The Morgan fingerprint density at radius 1 is 1.26 bits per heavy atom. The second-order valence-electron chi connectivity index (χ2n) is 4.03. The molecule has 0 bridgehead atoms. The van der Waals surface area contributed by atoms with Crippen molar-refractivity contribution in [3.63, 3.8) is 0 Å². The lowest BCUT2D eigenvalue weighted by Gasteiger charge is -2.20. The van der Waals surface area contributed by atoms with Crippen molar-refractivity contribution in [1.82, 2.24) is 25.9 Å². The molecular weight excluding hydrogens is 270 g/mol. The topological polar surface area (TPSA) is 85.0 Å². The lowest BCUT2D eigenvalue weighted by Crippen LogP contribution is -2.17. The van der Waals surface area contributed by atoms with Gasteiger partial charge in [0.1, 0.15) is 13.2 Å². The van der Waals surface area contributed by atoms with Crippen molar-refractivity contribution in [2.75, 3.05) is 13.2 Å². The van der Waals surface area contributed by atoms with E-state index in [0.717, 1.165) is 5.56 Å². The van der Waals surface area contributed by atoms with Crippen molar-refractivity contribution in [3.05, 3.63) is 28.5 Å². The van der Waals surface area contributed by atoms with Crippen LogP contribution in [-0.4, -0.2) is 33.8 Å². The van der Waals surface area contributed by atoms with Gasteiger partial charge in [-0.2, -0.15) is 5.21 Å². The molecule has 2 heterocycles. The van der Waals surface area contributed by atoms with Gasteiger partial charge in [-0.25, -0.2) is 0 Å². The molecule has 0 fully saturated rings. The minimum absolute atomic E-state index is 0.530. The first-order valence-corrected chi connectivity index (χ1v) is 6.22. The highest BCUT2D eigenvalue weighted by atomic mass is 35.5. The number of H-pyrrole nitrogens is 1. The standard InChI is InChI=1S/C11H12ClN5O2/c12-8-3-7(4-9-11(8)19-2-1-18-9)5-13-6-10-14-16-17-15-10/h3-4,13H,1-2,5-6H2,(H,14,15,16,17). The largest absolute Gasteiger partial charge is 0.486 e. The minimum Gasteiger partial charge on any atom is -0.486 e. The molecule has 1 aromatic carbocycles. The average molecular weight is 282 g/mol. The molecule has 2 N–H and O–H groups in total. The Hall–Kier alpha value is -1.86. The van der Waals surface area contributed by atoms with Gasteiger partial charge in [0.25, 0.3) is 0 Å². The SMILES string of the molecule is Clc1cc(CNCc2nn[nH]n2)cc2c1OCCO2. The first-order chi connectivity index (χ1) is 9.33. The molecule has 1 aliphatic heterocycles. The third kappa shape index (κ3) is 2.77. The predicted octanol–water partition coefficient (Wildman–Crippen LogP) is 0.914. The Morgan fingerprint density at radius 2 is 2.16 bits per heavy atom. The van der Waals surface area contributed by atoms with Gasteiger partial charge in [-0.05, 0) is 17.7 Å². The van der Waals surface area contributed by atoms with Crippen LogP contribution >= 0.6 is 11.6 Å². The Labute approximate surface area is 114 Å². The molecule has 0 radical (unpaired) electrons. The Bertz CT molecular complexity index is 560. The number of aromatic amines is 1. The molecule has 0 aliphatic carbocycles. The fourth-order valence-corrected chi connectivity index (χ4v) is 2.13. The monoisotopic (exact) mass is 281 g/mol. The first-order valence-electron chi connectivity index (χ1n) is 5.84. The lowest BCUT2D eigenvalue weighted by molar-refractivity contribution is 0.171. The van der Waals surface area contributed by atoms with Crippen LogP contribution in [0, 0.1) is 0 Å². The van der Waals surface area contributed by atoms with Gasteiger partial charge in [0.15, 0.2) is 17.3 Å². The Balaban J connectivity index is 1.66. The van der Waals surface area contributed by atoms with Crippen LogP contribution in [0.25, 0.3) is 0 Å². The molecule has 8 heteroatoms. The fourth-order valence-electron chi connectivity index (χ4n) is 1.84. The minimum atomic E-state index is 0.530. The highest BCUT2D eigenvalue weighted by molar-refractivity contribution is 6.32. The number of tetrazole rings is 1. The van der Waals surface area contributed by atoms with Gasteiger partial charge in [-0.15, -0.1) is 10.2 Å². The summed E-state index contributed by atoms with van der Waals surface area (Å²) < 4.78 is 11.0. The van der Waals surface area contributed by atoms with Crippen LogP contribution in [0.15, 0.2) is 12.1 Å². The number of nitrogens with one attached hydrogen (secondary N) is 2. The molecule has 0 saturated carbocycles. The third-order valence-corrected chi connectivity index (χ3v) is 2.94. The van der Waals surface area contributed by atoms with Gasteiger partial charge in [-0.1, -0.05) is 16.8 Å². The summed E-state index contributed by atoms with van der Waals surface area (Å²) in [6.07, 6.45) is 0. The summed E-state index contributed by atoms with van der Waals surface area (Å²) >= 11 is 6.15. The fraction of sp³-hybridized carbons (Fsp3) is 0.364. The Morgan fingerprint density at radius 3 is 3.00 bits per heavy atom. The normalized spacial score (nSPS) is 13.5. The molecule has 0 saturated heterocycles. The molecule has 7 nitrogen and oxygen atoms in total. The highest BCUT2D eigenvalue weighted by Gasteiger charge is 2.16. The van der Waals surface area contributed by atoms with Crippen LogP contribution in [0.2, 0.25) is 5.02 Å². The molecule has 2 aromatic rings. The van der Waals surface area contributed by atoms with E-state index in [-0.39, 0.29) is 0 Å². The van der Waals surface area contributed by atoms with Crippen molar-refractivity contribution < 1.29 is 9.47 Å². The number of hydrogen-bond acceptors (Lipinski definition) is 6. The predicted molar refractivity (Wildman–Crippen MR) is 67.2 cm³/mol. The van der Waals surface area contributed by atoms with E-state index in [9.17, 15) is 0 Å². The maximum absolute atomic E-state index is 6.15. The van der Waals surface area contributed by atoms with Crippen molar-refractivity contribution >= 4 is 11.6 Å². The number of benzene rings is 1. The molecule has 1 aliphatic rings. The van der Waals surface area contributed by atoms with Gasteiger partial charge < -0.3 is 14.8 Å². The smallest absolute Gasteiger partial charge is 0.188 e. The van der Waals surface area contributed by atoms with Crippen LogP contribution in [0.5, 0.6) is 11.5 Å². The van der Waals surface area contributed by atoms with Gasteiger partial charge >= 0.3 is 0 Å². The molecular formula is C11H12ClN5O2. The summed E-state index contributed by atoms with van der Waals surface area (Å²) in [5.74, 6) is 1.92. The van der Waals surface area contributed by atoms with Crippen molar-refractivity contribution in [2.24, 2.45) is 0 Å².